The molecule has 0 fully saturated rings. The zero-order valence-electron chi connectivity index (χ0n) is 17.8. The van der Waals surface area contributed by atoms with Crippen LogP contribution in [0.2, 0.25) is 0 Å². The number of benzene rings is 2. The van der Waals surface area contributed by atoms with Gasteiger partial charge in [0.15, 0.2) is 0 Å². The zero-order valence-corrected chi connectivity index (χ0v) is 18.6. The molecule has 0 aliphatic carbocycles. The Bertz CT molecular complexity index is 1210. The number of aromatic nitrogens is 1. The zero-order chi connectivity index (χ0) is 21.3. The van der Waals surface area contributed by atoms with Crippen LogP contribution in [-0.4, -0.2) is 43.2 Å². The first kappa shape index (κ1) is 20.7. The number of sulfonamides is 1. The standard InChI is InChI=1S/C24H28N2O3S/c1-4-30(27,28)25-14-12-20(13-15-25)24-18(2)26(23-11-6-5-10-22(23)24)17-19-8-7-9-21(16-19)29-3/h5-12,16H,4,13-15,17H2,1-3H3. The van der Waals surface area contributed by atoms with Gasteiger partial charge in [-0.15, -0.1) is 0 Å². The molecule has 0 bridgehead atoms. The average Bonchev–Trinajstić information content (AvgIpc) is 3.05. The van der Waals surface area contributed by atoms with Crippen molar-refractivity contribution in [2.75, 3.05) is 26.0 Å². The molecule has 3 aromatic rings. The molecule has 1 aromatic heterocycles. The lowest BCUT2D eigenvalue weighted by atomic mass is 9.97. The van der Waals surface area contributed by atoms with E-state index in [0.29, 0.717) is 13.1 Å². The minimum Gasteiger partial charge on any atom is -0.497 e. The van der Waals surface area contributed by atoms with Gasteiger partial charge < -0.3 is 9.30 Å². The molecule has 0 saturated heterocycles. The van der Waals surface area contributed by atoms with E-state index in [1.807, 2.05) is 12.1 Å². The van der Waals surface area contributed by atoms with E-state index in [9.17, 15) is 8.42 Å². The number of para-hydroxylation sites is 1. The predicted molar refractivity (Wildman–Crippen MR) is 122 cm³/mol. The molecule has 0 spiro atoms. The molecule has 0 radical (unpaired) electrons. The highest BCUT2D eigenvalue weighted by atomic mass is 32.2. The lowest BCUT2D eigenvalue weighted by molar-refractivity contribution is 0.414. The van der Waals surface area contributed by atoms with Crippen LogP contribution >= 0.6 is 0 Å². The summed E-state index contributed by atoms with van der Waals surface area (Å²) in [5.41, 5.74) is 6.05. The highest BCUT2D eigenvalue weighted by molar-refractivity contribution is 7.89. The van der Waals surface area contributed by atoms with E-state index >= 15 is 0 Å². The number of hydrogen-bond donors (Lipinski definition) is 0. The Morgan fingerprint density at radius 2 is 1.90 bits per heavy atom. The fourth-order valence-electron chi connectivity index (χ4n) is 4.31. The second kappa shape index (κ2) is 8.28. The maximum atomic E-state index is 12.2. The third-order valence-corrected chi connectivity index (χ3v) is 7.80. The lowest BCUT2D eigenvalue weighted by Crippen LogP contribution is -2.35. The first-order chi connectivity index (χ1) is 14.4. The van der Waals surface area contributed by atoms with Gasteiger partial charge in [0.2, 0.25) is 10.0 Å². The molecule has 4 rings (SSSR count). The summed E-state index contributed by atoms with van der Waals surface area (Å²) in [4.78, 5) is 0. The number of methoxy groups -OCH3 is 1. The molecular weight excluding hydrogens is 396 g/mol. The summed E-state index contributed by atoms with van der Waals surface area (Å²) in [5.74, 6) is 1.00. The van der Waals surface area contributed by atoms with Crippen molar-refractivity contribution in [3.8, 4) is 5.75 Å². The molecule has 2 heterocycles. The van der Waals surface area contributed by atoms with Gasteiger partial charge >= 0.3 is 0 Å². The van der Waals surface area contributed by atoms with E-state index in [2.05, 4.69) is 54.0 Å². The third-order valence-electron chi connectivity index (χ3n) is 5.96. The number of nitrogens with zero attached hydrogens (tertiary/aromatic N) is 2. The predicted octanol–water partition coefficient (Wildman–Crippen LogP) is 4.45. The van der Waals surface area contributed by atoms with Crippen LogP contribution in [0.5, 0.6) is 5.75 Å². The summed E-state index contributed by atoms with van der Waals surface area (Å²) in [6.07, 6.45) is 2.81. The Labute approximate surface area is 178 Å². The minimum absolute atomic E-state index is 0.148. The Morgan fingerprint density at radius 3 is 2.60 bits per heavy atom. The van der Waals surface area contributed by atoms with Crippen molar-refractivity contribution in [2.24, 2.45) is 0 Å². The maximum absolute atomic E-state index is 12.2. The summed E-state index contributed by atoms with van der Waals surface area (Å²) >= 11 is 0. The first-order valence-electron chi connectivity index (χ1n) is 10.3. The molecule has 2 aromatic carbocycles. The normalized spacial score (nSPS) is 15.4. The van der Waals surface area contributed by atoms with Crippen molar-refractivity contribution in [3.05, 3.63) is 71.4 Å². The van der Waals surface area contributed by atoms with Crippen molar-refractivity contribution in [3.63, 3.8) is 0 Å². The summed E-state index contributed by atoms with van der Waals surface area (Å²) < 4.78 is 33.8. The quantitative estimate of drug-likeness (QED) is 0.588. The fourth-order valence-corrected chi connectivity index (χ4v) is 5.34. The molecule has 1 aliphatic heterocycles. The maximum Gasteiger partial charge on any atom is 0.214 e. The van der Waals surface area contributed by atoms with Gasteiger partial charge in [-0.25, -0.2) is 8.42 Å². The Balaban J connectivity index is 1.74. The third kappa shape index (κ3) is 3.77. The van der Waals surface area contributed by atoms with Gasteiger partial charge in [-0.1, -0.05) is 36.4 Å². The van der Waals surface area contributed by atoms with Crippen LogP contribution < -0.4 is 4.74 Å². The molecule has 1 aliphatic rings. The molecule has 0 amide bonds. The molecule has 0 unspecified atom stereocenters. The van der Waals surface area contributed by atoms with Gasteiger partial charge in [0.05, 0.1) is 12.9 Å². The fraction of sp³-hybridized carbons (Fsp3) is 0.333. The summed E-state index contributed by atoms with van der Waals surface area (Å²) in [6, 6.07) is 16.6. The van der Waals surface area contributed by atoms with Crippen LogP contribution in [0.25, 0.3) is 16.5 Å². The van der Waals surface area contributed by atoms with Crippen LogP contribution in [0.15, 0.2) is 54.6 Å². The second-order valence-electron chi connectivity index (χ2n) is 7.65. The van der Waals surface area contributed by atoms with Crippen LogP contribution in [0, 0.1) is 6.92 Å². The molecule has 6 heteroatoms. The minimum atomic E-state index is -3.15. The van der Waals surface area contributed by atoms with Gasteiger partial charge in [-0.2, -0.15) is 4.31 Å². The van der Waals surface area contributed by atoms with Crippen molar-refractivity contribution < 1.29 is 13.2 Å². The van der Waals surface area contributed by atoms with Crippen molar-refractivity contribution >= 4 is 26.5 Å². The lowest BCUT2D eigenvalue weighted by Gasteiger charge is -2.25. The topological polar surface area (TPSA) is 51.5 Å². The smallest absolute Gasteiger partial charge is 0.214 e. The second-order valence-corrected chi connectivity index (χ2v) is 9.91. The van der Waals surface area contributed by atoms with E-state index in [0.717, 1.165) is 18.7 Å². The Morgan fingerprint density at radius 1 is 1.10 bits per heavy atom. The van der Waals surface area contributed by atoms with Gasteiger partial charge in [-0.3, -0.25) is 0 Å². The van der Waals surface area contributed by atoms with Crippen molar-refractivity contribution in [1.29, 1.82) is 0 Å². The van der Waals surface area contributed by atoms with Crippen LogP contribution in [-0.2, 0) is 16.6 Å². The Hall–Kier alpha value is -2.57. The highest BCUT2D eigenvalue weighted by Gasteiger charge is 2.25. The Kier molecular flexibility index (Phi) is 5.71. The molecule has 5 nitrogen and oxygen atoms in total. The summed E-state index contributed by atoms with van der Waals surface area (Å²) in [6.45, 7) is 5.60. The van der Waals surface area contributed by atoms with E-state index in [1.54, 1.807) is 18.3 Å². The number of fused-ring (bicyclic) bond motifs is 1. The molecule has 158 valence electrons. The number of ether oxygens (including phenoxy) is 1. The average molecular weight is 425 g/mol. The number of rotatable bonds is 6. The molecule has 0 N–H and O–H groups in total. The van der Waals surface area contributed by atoms with Crippen LogP contribution in [0.4, 0.5) is 0 Å². The van der Waals surface area contributed by atoms with E-state index < -0.39 is 10.0 Å². The van der Waals surface area contributed by atoms with Crippen LogP contribution in [0.1, 0.15) is 30.2 Å². The first-order valence-corrected chi connectivity index (χ1v) is 11.9. The van der Waals surface area contributed by atoms with Gasteiger partial charge in [-0.05, 0) is 49.6 Å². The van der Waals surface area contributed by atoms with Gasteiger partial charge in [0, 0.05) is 41.8 Å². The van der Waals surface area contributed by atoms with Gasteiger partial charge in [0.25, 0.3) is 0 Å². The largest absolute Gasteiger partial charge is 0.497 e. The van der Waals surface area contributed by atoms with Crippen molar-refractivity contribution in [2.45, 2.75) is 26.8 Å². The number of hydrogen-bond acceptors (Lipinski definition) is 3. The van der Waals surface area contributed by atoms with E-state index in [1.165, 1.54) is 33.3 Å². The highest BCUT2D eigenvalue weighted by Crippen LogP contribution is 2.35. The summed E-state index contributed by atoms with van der Waals surface area (Å²) in [7, 11) is -1.46. The molecular formula is C24H28N2O3S. The van der Waals surface area contributed by atoms with E-state index in [-0.39, 0.29) is 5.75 Å². The summed E-state index contributed by atoms with van der Waals surface area (Å²) in [5, 5.41) is 1.22. The molecule has 30 heavy (non-hydrogen) atoms. The van der Waals surface area contributed by atoms with Gasteiger partial charge in [0.1, 0.15) is 5.75 Å². The molecule has 0 atom stereocenters. The van der Waals surface area contributed by atoms with Crippen molar-refractivity contribution in [1.82, 2.24) is 8.87 Å². The monoisotopic (exact) mass is 424 g/mol. The SMILES string of the molecule is CCS(=O)(=O)N1CC=C(c2c(C)n(Cc3cccc(OC)c3)c3ccccc23)CC1. The van der Waals surface area contributed by atoms with Crippen LogP contribution in [0.3, 0.4) is 0 Å². The van der Waals surface area contributed by atoms with E-state index in [4.69, 9.17) is 4.74 Å². The molecule has 0 saturated carbocycles.